The third-order valence-corrected chi connectivity index (χ3v) is 5.91. The van der Waals surface area contributed by atoms with Gasteiger partial charge in [0.25, 0.3) is 11.8 Å². The monoisotopic (exact) mass is 376 g/mol. The summed E-state index contributed by atoms with van der Waals surface area (Å²) < 4.78 is 0. The van der Waals surface area contributed by atoms with Crippen molar-refractivity contribution in [3.05, 3.63) is 83.1 Å². The van der Waals surface area contributed by atoms with Crippen LogP contribution in [0.5, 0.6) is 0 Å². The van der Waals surface area contributed by atoms with Gasteiger partial charge in [0, 0.05) is 10.8 Å². The summed E-state index contributed by atoms with van der Waals surface area (Å²) >= 11 is 1.60. The van der Waals surface area contributed by atoms with Crippen molar-refractivity contribution >= 4 is 34.5 Å². The Kier molecular flexibility index (Phi) is 4.77. The van der Waals surface area contributed by atoms with Crippen LogP contribution in [-0.2, 0) is 9.59 Å². The van der Waals surface area contributed by atoms with Gasteiger partial charge in [0.2, 0.25) is 0 Å². The molecule has 4 nitrogen and oxygen atoms in total. The summed E-state index contributed by atoms with van der Waals surface area (Å²) in [7, 11) is 0. The average molecular weight is 376 g/mol. The van der Waals surface area contributed by atoms with Crippen LogP contribution < -0.4 is 10.0 Å². The van der Waals surface area contributed by atoms with Crippen LogP contribution in [0.25, 0.3) is 0 Å². The molecule has 3 aromatic rings. The zero-order valence-corrected chi connectivity index (χ0v) is 15.8. The molecule has 1 unspecified atom stereocenters. The molecule has 0 spiro atoms. The van der Waals surface area contributed by atoms with Gasteiger partial charge < -0.3 is 0 Å². The minimum atomic E-state index is -0.714. The Balaban J connectivity index is 1.82. The zero-order chi connectivity index (χ0) is 18.8. The Morgan fingerprint density at radius 2 is 1.33 bits per heavy atom. The maximum atomic E-state index is 13.5. The van der Waals surface area contributed by atoms with Crippen LogP contribution in [0.3, 0.4) is 0 Å². The second kappa shape index (κ2) is 7.37. The van der Waals surface area contributed by atoms with E-state index in [2.05, 4.69) is 0 Å². The minimum Gasteiger partial charge on any atom is -0.272 e. The predicted molar refractivity (Wildman–Crippen MR) is 109 cm³/mol. The first-order valence-electron chi connectivity index (χ1n) is 9.03. The van der Waals surface area contributed by atoms with Crippen LogP contribution >= 0.6 is 11.3 Å². The molecule has 136 valence electrons. The van der Waals surface area contributed by atoms with Gasteiger partial charge in [-0.25, -0.2) is 10.0 Å². The Hall–Kier alpha value is -2.92. The van der Waals surface area contributed by atoms with E-state index in [0.717, 1.165) is 11.3 Å². The lowest BCUT2D eigenvalue weighted by atomic mass is 9.88. The quantitative estimate of drug-likeness (QED) is 0.597. The van der Waals surface area contributed by atoms with Crippen molar-refractivity contribution in [1.29, 1.82) is 0 Å². The standard InChI is InChI=1S/C22H20N2O2S/c1-2-18(19-14-9-15-27-19)20-21(25)23(16-10-5-3-6-11-16)24(22(20)26)17-12-7-4-8-13-17/h3-15,18,20H,2H2,1H3. The molecule has 1 aliphatic heterocycles. The molecule has 1 aromatic heterocycles. The molecule has 2 aromatic carbocycles. The molecule has 1 aliphatic rings. The highest BCUT2D eigenvalue weighted by Gasteiger charge is 2.50. The summed E-state index contributed by atoms with van der Waals surface area (Å²) in [6, 6.07) is 22.7. The molecular weight excluding hydrogens is 356 g/mol. The highest BCUT2D eigenvalue weighted by atomic mass is 32.1. The third kappa shape index (κ3) is 3.04. The molecule has 4 rings (SSSR count). The van der Waals surface area contributed by atoms with Gasteiger partial charge >= 0.3 is 0 Å². The van der Waals surface area contributed by atoms with Gasteiger partial charge in [0.05, 0.1) is 11.4 Å². The zero-order valence-electron chi connectivity index (χ0n) is 15.0. The van der Waals surface area contributed by atoms with Crippen molar-refractivity contribution in [3.8, 4) is 0 Å². The molecule has 1 saturated heterocycles. The fraction of sp³-hybridized carbons (Fsp3) is 0.182. The molecule has 1 fully saturated rings. The highest BCUT2D eigenvalue weighted by Crippen LogP contribution is 2.40. The maximum absolute atomic E-state index is 13.5. The van der Waals surface area contributed by atoms with Crippen molar-refractivity contribution in [2.45, 2.75) is 19.3 Å². The fourth-order valence-corrected chi connectivity index (χ4v) is 4.59. The van der Waals surface area contributed by atoms with Gasteiger partial charge in [-0.2, -0.15) is 0 Å². The molecule has 27 heavy (non-hydrogen) atoms. The first-order valence-corrected chi connectivity index (χ1v) is 9.91. The van der Waals surface area contributed by atoms with Crippen molar-refractivity contribution in [2.24, 2.45) is 5.92 Å². The van der Waals surface area contributed by atoms with Crippen molar-refractivity contribution in [3.63, 3.8) is 0 Å². The Bertz CT molecular complexity index is 868. The van der Waals surface area contributed by atoms with E-state index in [4.69, 9.17) is 0 Å². The number of anilines is 2. The van der Waals surface area contributed by atoms with Gasteiger partial charge in [-0.3, -0.25) is 9.59 Å². The second-order valence-electron chi connectivity index (χ2n) is 6.48. The lowest BCUT2D eigenvalue weighted by Crippen LogP contribution is -2.41. The van der Waals surface area contributed by atoms with Gasteiger partial charge in [-0.1, -0.05) is 49.4 Å². The van der Waals surface area contributed by atoms with Crippen LogP contribution in [0.4, 0.5) is 11.4 Å². The summed E-state index contributed by atoms with van der Waals surface area (Å²) in [6.07, 6.45) is 0.730. The molecule has 0 aliphatic carbocycles. The van der Waals surface area contributed by atoms with E-state index in [1.54, 1.807) is 11.3 Å². The fourth-order valence-electron chi connectivity index (χ4n) is 3.64. The number of hydrogen-bond acceptors (Lipinski definition) is 3. The van der Waals surface area contributed by atoms with Crippen LogP contribution in [0.15, 0.2) is 78.2 Å². The number of para-hydroxylation sites is 2. The molecule has 5 heteroatoms. The molecule has 0 saturated carbocycles. The Morgan fingerprint density at radius 1 is 0.815 bits per heavy atom. The molecule has 0 N–H and O–H groups in total. The van der Waals surface area contributed by atoms with Crippen LogP contribution in [0, 0.1) is 5.92 Å². The minimum absolute atomic E-state index is 0.120. The number of amides is 2. The summed E-state index contributed by atoms with van der Waals surface area (Å²) in [5.41, 5.74) is 1.39. The van der Waals surface area contributed by atoms with Crippen molar-refractivity contribution in [1.82, 2.24) is 0 Å². The Morgan fingerprint density at radius 3 is 1.74 bits per heavy atom. The predicted octanol–water partition coefficient (Wildman–Crippen LogP) is 4.85. The summed E-state index contributed by atoms with van der Waals surface area (Å²) in [6.45, 7) is 2.03. The lowest BCUT2D eigenvalue weighted by Gasteiger charge is -2.27. The van der Waals surface area contributed by atoms with Gasteiger partial charge in [-0.15, -0.1) is 11.3 Å². The number of hydrazine groups is 1. The van der Waals surface area contributed by atoms with Gasteiger partial charge in [0.15, 0.2) is 0 Å². The summed E-state index contributed by atoms with van der Waals surface area (Å²) in [5.74, 6) is -1.18. The first-order chi connectivity index (χ1) is 13.2. The lowest BCUT2D eigenvalue weighted by molar-refractivity contribution is -0.127. The Labute approximate surface area is 162 Å². The summed E-state index contributed by atoms with van der Waals surface area (Å²) in [5, 5.41) is 5.04. The smallest absolute Gasteiger partial charge is 0.259 e. The average Bonchev–Trinajstić information content (AvgIpc) is 3.32. The van der Waals surface area contributed by atoms with Crippen LogP contribution in [0.2, 0.25) is 0 Å². The van der Waals surface area contributed by atoms with E-state index >= 15 is 0 Å². The van der Waals surface area contributed by atoms with E-state index in [0.29, 0.717) is 11.4 Å². The first kappa shape index (κ1) is 17.5. The molecule has 1 atom stereocenters. The number of carbonyl (C=O) groups is 2. The summed E-state index contributed by atoms with van der Waals surface area (Å²) in [4.78, 5) is 28.0. The number of nitrogens with zero attached hydrogens (tertiary/aromatic N) is 2. The molecule has 2 heterocycles. The molecule has 2 amide bonds. The largest absolute Gasteiger partial charge is 0.272 e. The third-order valence-electron chi connectivity index (χ3n) is 4.90. The topological polar surface area (TPSA) is 40.6 Å². The van der Waals surface area contributed by atoms with E-state index < -0.39 is 5.92 Å². The molecular formula is C22H20N2O2S. The van der Waals surface area contributed by atoms with Crippen LogP contribution in [0.1, 0.15) is 24.1 Å². The molecule has 0 radical (unpaired) electrons. The van der Waals surface area contributed by atoms with E-state index in [1.165, 1.54) is 10.0 Å². The number of benzene rings is 2. The highest BCUT2D eigenvalue weighted by molar-refractivity contribution is 7.10. The second-order valence-corrected chi connectivity index (χ2v) is 7.46. The van der Waals surface area contributed by atoms with Crippen LogP contribution in [-0.4, -0.2) is 11.8 Å². The maximum Gasteiger partial charge on any atom is 0.259 e. The van der Waals surface area contributed by atoms with Crippen molar-refractivity contribution in [2.75, 3.05) is 10.0 Å². The normalized spacial score (nSPS) is 16.2. The number of thiophene rings is 1. The van der Waals surface area contributed by atoms with Gasteiger partial charge in [0.1, 0.15) is 5.92 Å². The van der Waals surface area contributed by atoms with Gasteiger partial charge in [-0.05, 0) is 42.1 Å². The van der Waals surface area contributed by atoms with Crippen molar-refractivity contribution < 1.29 is 9.59 Å². The van der Waals surface area contributed by atoms with E-state index in [-0.39, 0.29) is 17.7 Å². The van der Waals surface area contributed by atoms with E-state index in [1.807, 2.05) is 85.1 Å². The number of hydrogen-bond donors (Lipinski definition) is 0. The molecule has 0 bridgehead atoms. The van der Waals surface area contributed by atoms with E-state index in [9.17, 15) is 9.59 Å². The number of rotatable bonds is 5. The number of carbonyl (C=O) groups excluding carboxylic acids is 2. The SMILES string of the molecule is CCC(c1cccs1)C1C(=O)N(c2ccccc2)N(c2ccccc2)C1=O.